The Morgan fingerprint density at radius 3 is 2.68 bits per heavy atom. The van der Waals surface area contributed by atoms with E-state index < -0.39 is 5.91 Å². The van der Waals surface area contributed by atoms with Crippen molar-refractivity contribution in [2.75, 3.05) is 34.0 Å². The van der Waals surface area contributed by atoms with Crippen LogP contribution in [-0.4, -0.2) is 49.4 Å². The summed E-state index contributed by atoms with van der Waals surface area (Å²) in [6.45, 7) is 1.32. The molecule has 118 valence electrons. The number of amides is 1. The second-order valence-corrected chi connectivity index (χ2v) is 4.65. The van der Waals surface area contributed by atoms with Gasteiger partial charge in [0, 0.05) is 20.8 Å². The maximum atomic E-state index is 12.6. The van der Waals surface area contributed by atoms with E-state index in [1.54, 1.807) is 31.4 Å². The lowest BCUT2D eigenvalue weighted by atomic mass is 10.2. The highest BCUT2D eigenvalue weighted by Crippen LogP contribution is 2.08. The summed E-state index contributed by atoms with van der Waals surface area (Å²) in [6, 6.07) is 6.95. The zero-order chi connectivity index (χ0) is 15.9. The minimum atomic E-state index is -0.406. The highest BCUT2D eigenvalue weighted by atomic mass is 16.5. The van der Waals surface area contributed by atoms with Gasteiger partial charge < -0.3 is 14.8 Å². The Balaban J connectivity index is 2.45. The lowest BCUT2D eigenvalue weighted by Crippen LogP contribution is -2.36. The van der Waals surface area contributed by atoms with Crippen molar-refractivity contribution in [3.05, 3.63) is 40.4 Å². The molecule has 0 saturated carbocycles. The molecule has 0 unspecified atom stereocenters. The number of carbonyl (C=O) groups excluding carboxylic acids is 1. The Morgan fingerprint density at radius 1 is 1.23 bits per heavy atom. The molecule has 7 heteroatoms. The fourth-order valence-corrected chi connectivity index (χ4v) is 2.08. The summed E-state index contributed by atoms with van der Waals surface area (Å²) in [5.41, 5.74) is 0.248. The molecule has 1 heterocycles. The number of carbonyl (C=O) groups is 1. The molecule has 1 aromatic heterocycles. The third kappa shape index (κ3) is 3.49. The molecular weight excluding hydrogens is 286 g/mol. The third-order valence-corrected chi connectivity index (χ3v) is 3.18. The second-order valence-electron chi connectivity index (χ2n) is 4.65. The Bertz CT molecular complexity index is 711. The number of nitrogens with one attached hydrogen (secondary N) is 1. The molecular formula is C15H19N3O4. The van der Waals surface area contributed by atoms with Crippen molar-refractivity contribution in [3.8, 4) is 0 Å². The van der Waals surface area contributed by atoms with Gasteiger partial charge >= 0.3 is 0 Å². The predicted molar refractivity (Wildman–Crippen MR) is 82.1 cm³/mol. The number of nitrogens with zero attached hydrogens (tertiary/aromatic N) is 2. The lowest BCUT2D eigenvalue weighted by Gasteiger charge is -2.13. The van der Waals surface area contributed by atoms with Crippen molar-refractivity contribution in [1.82, 2.24) is 14.9 Å². The standard InChI is InChI=1S/C15H19N3O4/c1-21-9-7-16-14(19)13-17-12-6-4-3-5-11(12)15(20)18(13)8-10-22-2/h3-6H,7-10H2,1-2H3,(H,16,19). The van der Waals surface area contributed by atoms with E-state index >= 15 is 0 Å². The molecule has 2 aromatic rings. The zero-order valence-electron chi connectivity index (χ0n) is 12.7. The quantitative estimate of drug-likeness (QED) is 0.750. The van der Waals surface area contributed by atoms with Crippen molar-refractivity contribution in [3.63, 3.8) is 0 Å². The molecule has 0 spiro atoms. The van der Waals surface area contributed by atoms with E-state index in [4.69, 9.17) is 9.47 Å². The molecule has 0 aliphatic heterocycles. The van der Waals surface area contributed by atoms with Crippen LogP contribution in [0, 0.1) is 0 Å². The number of aromatic nitrogens is 2. The average molecular weight is 305 g/mol. The Kier molecular flexibility index (Phi) is 5.62. The summed E-state index contributed by atoms with van der Waals surface area (Å²) in [5, 5.41) is 3.16. The third-order valence-electron chi connectivity index (χ3n) is 3.18. The highest BCUT2D eigenvalue weighted by Gasteiger charge is 2.16. The molecule has 7 nitrogen and oxygen atoms in total. The van der Waals surface area contributed by atoms with Gasteiger partial charge in [0.25, 0.3) is 11.5 Å². The molecule has 1 aromatic carbocycles. The summed E-state index contributed by atoms with van der Waals surface area (Å²) < 4.78 is 11.2. The Labute approximate surface area is 127 Å². The highest BCUT2D eigenvalue weighted by molar-refractivity contribution is 5.93. The first-order chi connectivity index (χ1) is 10.7. The number of methoxy groups -OCH3 is 2. The number of hydrogen-bond donors (Lipinski definition) is 1. The summed E-state index contributed by atoms with van der Waals surface area (Å²) in [4.78, 5) is 29.1. The maximum absolute atomic E-state index is 12.6. The lowest BCUT2D eigenvalue weighted by molar-refractivity contribution is 0.0917. The Hall–Kier alpha value is -2.25. The van der Waals surface area contributed by atoms with Crippen LogP contribution in [0.25, 0.3) is 10.9 Å². The van der Waals surface area contributed by atoms with Crippen LogP contribution in [-0.2, 0) is 16.0 Å². The number of benzene rings is 1. The molecule has 22 heavy (non-hydrogen) atoms. The molecule has 0 saturated heterocycles. The van der Waals surface area contributed by atoms with E-state index in [1.807, 2.05) is 0 Å². The van der Waals surface area contributed by atoms with Crippen LogP contribution in [0.15, 0.2) is 29.1 Å². The summed E-state index contributed by atoms with van der Waals surface area (Å²) in [7, 11) is 3.09. The first kappa shape index (κ1) is 16.1. The van der Waals surface area contributed by atoms with E-state index in [0.717, 1.165) is 0 Å². The van der Waals surface area contributed by atoms with Crippen LogP contribution >= 0.6 is 0 Å². The summed E-state index contributed by atoms with van der Waals surface area (Å²) in [6.07, 6.45) is 0. The van der Waals surface area contributed by atoms with Crippen molar-refractivity contribution in [2.24, 2.45) is 0 Å². The van der Waals surface area contributed by atoms with Gasteiger partial charge in [-0.2, -0.15) is 0 Å². The van der Waals surface area contributed by atoms with Crippen LogP contribution in [0.3, 0.4) is 0 Å². The molecule has 0 radical (unpaired) electrons. The first-order valence-electron chi connectivity index (χ1n) is 6.94. The van der Waals surface area contributed by atoms with E-state index in [-0.39, 0.29) is 17.9 Å². The van der Waals surface area contributed by atoms with Crippen LogP contribution in [0.1, 0.15) is 10.6 Å². The van der Waals surface area contributed by atoms with E-state index in [2.05, 4.69) is 10.3 Å². The van der Waals surface area contributed by atoms with Crippen molar-refractivity contribution < 1.29 is 14.3 Å². The fourth-order valence-electron chi connectivity index (χ4n) is 2.08. The number of hydrogen-bond acceptors (Lipinski definition) is 5. The van der Waals surface area contributed by atoms with E-state index in [9.17, 15) is 9.59 Å². The van der Waals surface area contributed by atoms with Crippen molar-refractivity contribution in [2.45, 2.75) is 6.54 Å². The molecule has 0 fully saturated rings. The van der Waals surface area contributed by atoms with Crippen LogP contribution < -0.4 is 10.9 Å². The predicted octanol–water partition coefficient (Wildman–Crippen LogP) is 0.419. The van der Waals surface area contributed by atoms with Gasteiger partial charge in [0.05, 0.1) is 30.7 Å². The largest absolute Gasteiger partial charge is 0.383 e. The zero-order valence-corrected chi connectivity index (χ0v) is 12.7. The minimum absolute atomic E-state index is 0.0804. The van der Waals surface area contributed by atoms with Crippen molar-refractivity contribution >= 4 is 16.8 Å². The number of rotatable bonds is 7. The topological polar surface area (TPSA) is 82.5 Å². The first-order valence-corrected chi connectivity index (χ1v) is 6.94. The maximum Gasteiger partial charge on any atom is 0.287 e. The van der Waals surface area contributed by atoms with Gasteiger partial charge in [0.1, 0.15) is 0 Å². The Morgan fingerprint density at radius 2 is 1.95 bits per heavy atom. The molecule has 0 aliphatic rings. The molecule has 0 aliphatic carbocycles. The smallest absolute Gasteiger partial charge is 0.287 e. The van der Waals surface area contributed by atoms with E-state index in [1.165, 1.54) is 11.7 Å². The fraction of sp³-hybridized carbons (Fsp3) is 0.400. The van der Waals surface area contributed by atoms with Crippen LogP contribution in [0.2, 0.25) is 0 Å². The van der Waals surface area contributed by atoms with Gasteiger partial charge in [-0.15, -0.1) is 0 Å². The van der Waals surface area contributed by atoms with Crippen molar-refractivity contribution in [1.29, 1.82) is 0 Å². The van der Waals surface area contributed by atoms with Crippen LogP contribution in [0.5, 0.6) is 0 Å². The minimum Gasteiger partial charge on any atom is -0.383 e. The van der Waals surface area contributed by atoms with E-state index in [0.29, 0.717) is 30.7 Å². The SMILES string of the molecule is COCCNC(=O)c1nc2ccccc2c(=O)n1CCOC. The molecule has 1 N–H and O–H groups in total. The second kappa shape index (κ2) is 7.67. The summed E-state index contributed by atoms with van der Waals surface area (Å²) in [5.74, 6) is -0.326. The van der Waals surface area contributed by atoms with Gasteiger partial charge in [-0.25, -0.2) is 4.98 Å². The molecule has 1 amide bonds. The van der Waals surface area contributed by atoms with Gasteiger partial charge in [0.2, 0.25) is 5.82 Å². The number of fused-ring (bicyclic) bond motifs is 1. The molecule has 0 atom stereocenters. The number of para-hydroxylation sites is 1. The van der Waals surface area contributed by atoms with Gasteiger partial charge in [0.15, 0.2) is 0 Å². The normalized spacial score (nSPS) is 10.8. The van der Waals surface area contributed by atoms with Crippen LogP contribution in [0.4, 0.5) is 0 Å². The monoisotopic (exact) mass is 305 g/mol. The van der Waals surface area contributed by atoms with Gasteiger partial charge in [-0.05, 0) is 12.1 Å². The molecule has 2 rings (SSSR count). The molecule has 0 bridgehead atoms. The van der Waals surface area contributed by atoms with Gasteiger partial charge in [-0.1, -0.05) is 12.1 Å². The van der Waals surface area contributed by atoms with Gasteiger partial charge in [-0.3, -0.25) is 14.2 Å². The average Bonchev–Trinajstić information content (AvgIpc) is 2.54. The number of ether oxygens (including phenoxy) is 2. The summed E-state index contributed by atoms with van der Waals surface area (Å²) >= 11 is 0.